The number of ether oxygens (including phenoxy) is 2. The number of aryl methyl sites for hydroxylation is 1. The number of methoxy groups -OCH3 is 1. The zero-order chi connectivity index (χ0) is 27.3. The first-order valence-corrected chi connectivity index (χ1v) is 12.0. The molecular formula is C27H22FN7O4. The van der Waals surface area contributed by atoms with Crippen LogP contribution >= 0.6 is 0 Å². The van der Waals surface area contributed by atoms with Crippen LogP contribution in [0.3, 0.4) is 0 Å². The smallest absolute Gasteiger partial charge is 0.313 e. The van der Waals surface area contributed by atoms with Crippen molar-refractivity contribution in [2.24, 2.45) is 0 Å². The highest BCUT2D eigenvalue weighted by atomic mass is 19.1. The Morgan fingerprint density at radius 3 is 2.67 bits per heavy atom. The van der Waals surface area contributed by atoms with Crippen molar-refractivity contribution in [3.05, 3.63) is 82.6 Å². The zero-order valence-corrected chi connectivity index (χ0v) is 21.0. The Kier molecular flexibility index (Phi) is 5.71. The second-order valence-corrected chi connectivity index (χ2v) is 8.91. The lowest BCUT2D eigenvalue weighted by atomic mass is 10.0. The van der Waals surface area contributed by atoms with E-state index < -0.39 is 10.7 Å². The van der Waals surface area contributed by atoms with Gasteiger partial charge in [0.1, 0.15) is 23.6 Å². The highest BCUT2D eigenvalue weighted by Gasteiger charge is 2.34. The van der Waals surface area contributed by atoms with Crippen LogP contribution in [0.1, 0.15) is 5.69 Å². The summed E-state index contributed by atoms with van der Waals surface area (Å²) in [6, 6.07) is 14.6. The molecule has 0 saturated carbocycles. The third-order valence-corrected chi connectivity index (χ3v) is 6.61. The molecule has 11 nitrogen and oxygen atoms in total. The molecule has 4 heterocycles. The molecule has 2 N–H and O–H groups in total. The highest BCUT2D eigenvalue weighted by Crippen LogP contribution is 2.50. The largest absolute Gasteiger partial charge is 0.489 e. The summed E-state index contributed by atoms with van der Waals surface area (Å²) in [4.78, 5) is 26.0. The van der Waals surface area contributed by atoms with Gasteiger partial charge in [-0.25, -0.2) is 19.3 Å². The number of rotatable bonds is 6. The number of benzene rings is 2. The van der Waals surface area contributed by atoms with Gasteiger partial charge in [-0.15, -0.1) is 0 Å². The minimum Gasteiger partial charge on any atom is -0.489 e. The summed E-state index contributed by atoms with van der Waals surface area (Å²) in [5.41, 5.74) is 9.06. The number of nitrogen functional groups attached to an aromatic ring is 1. The van der Waals surface area contributed by atoms with Crippen molar-refractivity contribution in [1.29, 1.82) is 0 Å². The minimum absolute atomic E-state index is 0.0124. The first kappa shape index (κ1) is 24.1. The number of hydrogen-bond donors (Lipinski definition) is 1. The maximum atomic E-state index is 15.4. The van der Waals surface area contributed by atoms with E-state index in [0.29, 0.717) is 46.8 Å². The van der Waals surface area contributed by atoms with Gasteiger partial charge in [-0.05, 0) is 36.8 Å². The van der Waals surface area contributed by atoms with Crippen molar-refractivity contribution in [2.75, 3.05) is 24.3 Å². The SMILES string of the molecule is COc1c(N2CCn3c2c(-c2ccc(Oc4cccc(C)n4)c(F)c2)c2c(N)ncnc23)cccc1[N+](=O)[O-]. The van der Waals surface area contributed by atoms with E-state index in [1.807, 2.05) is 22.5 Å². The quantitative estimate of drug-likeness (QED) is 0.228. The molecule has 0 atom stereocenters. The molecule has 5 aromatic rings. The van der Waals surface area contributed by atoms with Crippen molar-refractivity contribution in [1.82, 2.24) is 19.5 Å². The molecule has 2 aromatic carbocycles. The number of hydrogen-bond acceptors (Lipinski definition) is 9. The number of nitro benzene ring substituents is 1. The Hall–Kier alpha value is -5.26. The lowest BCUT2D eigenvalue weighted by molar-refractivity contribution is -0.385. The average molecular weight is 528 g/mol. The number of para-hydroxylation sites is 1. The van der Waals surface area contributed by atoms with Crippen LogP contribution in [-0.2, 0) is 6.54 Å². The first-order valence-electron chi connectivity index (χ1n) is 12.0. The number of anilines is 3. The maximum absolute atomic E-state index is 15.4. The van der Waals surface area contributed by atoms with E-state index >= 15 is 4.39 Å². The van der Waals surface area contributed by atoms with Gasteiger partial charge < -0.3 is 24.7 Å². The predicted octanol–water partition coefficient (Wildman–Crippen LogP) is 5.38. The normalized spacial score (nSPS) is 12.5. The number of nitrogens with two attached hydrogens (primary N) is 1. The number of nitrogens with zero attached hydrogens (tertiary/aromatic N) is 6. The third-order valence-electron chi connectivity index (χ3n) is 6.61. The number of fused-ring (bicyclic) bond motifs is 3. The molecule has 1 aliphatic heterocycles. The number of halogens is 1. The number of pyridine rings is 1. The van der Waals surface area contributed by atoms with Crippen molar-refractivity contribution in [3.63, 3.8) is 0 Å². The van der Waals surface area contributed by atoms with E-state index in [9.17, 15) is 10.1 Å². The van der Waals surface area contributed by atoms with Gasteiger partial charge in [-0.3, -0.25) is 10.1 Å². The molecule has 0 unspecified atom stereocenters. The van der Waals surface area contributed by atoms with Crippen molar-refractivity contribution in [3.8, 4) is 28.5 Å². The minimum atomic E-state index is -0.600. The van der Waals surface area contributed by atoms with Gasteiger partial charge in [0.2, 0.25) is 11.6 Å². The Bertz CT molecular complexity index is 1770. The van der Waals surface area contributed by atoms with Gasteiger partial charge in [-0.2, -0.15) is 0 Å². The molecule has 0 radical (unpaired) electrons. The van der Waals surface area contributed by atoms with Crippen LogP contribution in [0.15, 0.2) is 60.9 Å². The molecule has 3 aromatic heterocycles. The topological polar surface area (TPSA) is 134 Å². The summed E-state index contributed by atoms with van der Waals surface area (Å²) < 4.78 is 28.5. The van der Waals surface area contributed by atoms with Crippen LogP contribution in [0, 0.1) is 22.9 Å². The Morgan fingerprint density at radius 2 is 1.92 bits per heavy atom. The Morgan fingerprint density at radius 1 is 1.10 bits per heavy atom. The zero-order valence-electron chi connectivity index (χ0n) is 21.0. The standard InChI is InChI=1S/C27H22FN7O4/c1-15-5-3-8-21(32-15)39-20-10-9-16(13-17(20)28)22-23-25(29)30-14-31-26(23)34-12-11-33(27(22)34)18-6-4-7-19(35(36)37)24(18)38-2/h3-10,13-14H,11-12H2,1-2H3,(H2,29,30,31). The molecule has 0 fully saturated rings. The lowest BCUT2D eigenvalue weighted by Crippen LogP contribution is -2.15. The number of aromatic nitrogens is 4. The van der Waals surface area contributed by atoms with E-state index in [1.165, 1.54) is 31.6 Å². The predicted molar refractivity (Wildman–Crippen MR) is 143 cm³/mol. The molecule has 0 saturated heterocycles. The van der Waals surface area contributed by atoms with E-state index in [2.05, 4.69) is 15.0 Å². The molecule has 0 bridgehead atoms. The molecule has 1 aliphatic rings. The van der Waals surface area contributed by atoms with Gasteiger partial charge in [0.25, 0.3) is 0 Å². The van der Waals surface area contributed by atoms with Crippen molar-refractivity contribution < 1.29 is 18.8 Å². The summed E-state index contributed by atoms with van der Waals surface area (Å²) in [5.74, 6) is 0.678. The molecule has 0 spiro atoms. The lowest BCUT2D eigenvalue weighted by Gasteiger charge is -2.22. The average Bonchev–Trinajstić information content (AvgIpc) is 3.49. The summed E-state index contributed by atoms with van der Waals surface area (Å²) in [5, 5.41) is 12.2. The van der Waals surface area contributed by atoms with E-state index in [-0.39, 0.29) is 28.9 Å². The summed E-state index contributed by atoms with van der Waals surface area (Å²) in [6.07, 6.45) is 1.37. The fourth-order valence-corrected chi connectivity index (χ4v) is 4.99. The molecule has 6 rings (SSSR count). The molecule has 196 valence electrons. The fraction of sp³-hybridized carbons (Fsp3) is 0.148. The molecular weight excluding hydrogens is 505 g/mol. The van der Waals surface area contributed by atoms with Crippen LogP contribution in [0.4, 0.5) is 27.4 Å². The van der Waals surface area contributed by atoms with Crippen molar-refractivity contribution >= 4 is 34.0 Å². The summed E-state index contributed by atoms with van der Waals surface area (Å²) in [6.45, 7) is 2.80. The van der Waals surface area contributed by atoms with Gasteiger partial charge in [0, 0.05) is 36.5 Å². The highest BCUT2D eigenvalue weighted by molar-refractivity contribution is 6.08. The molecule has 0 aliphatic carbocycles. The Balaban J connectivity index is 1.53. The fourth-order valence-electron chi connectivity index (χ4n) is 4.99. The molecule has 39 heavy (non-hydrogen) atoms. The van der Waals surface area contributed by atoms with Crippen LogP contribution in [0.25, 0.3) is 22.2 Å². The third kappa shape index (κ3) is 3.93. The van der Waals surface area contributed by atoms with Crippen LogP contribution in [0.5, 0.6) is 17.4 Å². The van der Waals surface area contributed by atoms with Crippen LogP contribution in [-0.4, -0.2) is 38.1 Å². The molecule has 0 amide bonds. The van der Waals surface area contributed by atoms with Crippen LogP contribution in [0.2, 0.25) is 0 Å². The maximum Gasteiger partial charge on any atom is 0.313 e. The van der Waals surface area contributed by atoms with E-state index in [4.69, 9.17) is 15.2 Å². The van der Waals surface area contributed by atoms with E-state index in [0.717, 1.165) is 5.69 Å². The van der Waals surface area contributed by atoms with E-state index in [1.54, 1.807) is 30.3 Å². The second kappa shape index (κ2) is 9.24. The molecule has 12 heteroatoms. The van der Waals surface area contributed by atoms with Gasteiger partial charge >= 0.3 is 5.69 Å². The second-order valence-electron chi connectivity index (χ2n) is 8.91. The van der Waals surface area contributed by atoms with Crippen LogP contribution < -0.4 is 20.1 Å². The van der Waals surface area contributed by atoms with Gasteiger partial charge in [0.05, 0.1) is 23.1 Å². The van der Waals surface area contributed by atoms with Crippen molar-refractivity contribution in [2.45, 2.75) is 13.5 Å². The first-order chi connectivity index (χ1) is 18.9. The Labute approximate surface area is 221 Å². The number of nitro groups is 1. The van der Waals surface area contributed by atoms with Gasteiger partial charge in [-0.1, -0.05) is 18.2 Å². The van der Waals surface area contributed by atoms with Gasteiger partial charge in [0.15, 0.2) is 11.6 Å². The monoisotopic (exact) mass is 527 g/mol. The summed E-state index contributed by atoms with van der Waals surface area (Å²) >= 11 is 0. The summed E-state index contributed by atoms with van der Waals surface area (Å²) in [7, 11) is 1.39.